The predicted molar refractivity (Wildman–Crippen MR) is 84.4 cm³/mol. The van der Waals surface area contributed by atoms with E-state index < -0.39 is 0 Å². The summed E-state index contributed by atoms with van der Waals surface area (Å²) in [5.74, 6) is 0.738. The topological polar surface area (TPSA) is 35.3 Å². The van der Waals surface area contributed by atoms with Crippen molar-refractivity contribution in [1.29, 1.82) is 0 Å². The number of furan rings is 1. The van der Waals surface area contributed by atoms with Crippen LogP contribution in [-0.2, 0) is 0 Å². The number of benzene rings is 1. The van der Waals surface area contributed by atoms with Crippen LogP contribution in [0.2, 0.25) is 0 Å². The zero-order chi connectivity index (χ0) is 14.2. The van der Waals surface area contributed by atoms with Gasteiger partial charge in [0.2, 0.25) is 0 Å². The second kappa shape index (κ2) is 4.77. The van der Waals surface area contributed by atoms with Crippen molar-refractivity contribution in [3.8, 4) is 5.75 Å². The Balaban J connectivity index is 2.03. The van der Waals surface area contributed by atoms with Gasteiger partial charge in [-0.2, -0.15) is 0 Å². The van der Waals surface area contributed by atoms with Crippen LogP contribution in [0.15, 0.2) is 53.0 Å². The average molecular weight is 277 g/mol. The minimum Gasteiger partial charge on any atom is -0.493 e. The predicted octanol–water partition coefficient (Wildman–Crippen LogP) is 4.72. The standard InChI is InChI=1S/C18H15NO2/c1-20-16-11-14(12-7-3-2-4-8-12)19-17-13-9-5-6-10-15(13)21-18(16)17/h2-3,5-7,9-11H,4,8H2,1H3. The molecule has 1 aromatic carbocycles. The molecule has 0 saturated heterocycles. The number of methoxy groups -OCH3 is 1. The van der Waals surface area contributed by atoms with Crippen molar-refractivity contribution < 1.29 is 9.15 Å². The van der Waals surface area contributed by atoms with Gasteiger partial charge >= 0.3 is 0 Å². The third-order valence-corrected chi connectivity index (χ3v) is 3.86. The lowest BCUT2D eigenvalue weighted by Crippen LogP contribution is -1.94. The highest BCUT2D eigenvalue weighted by Crippen LogP contribution is 2.36. The van der Waals surface area contributed by atoms with Gasteiger partial charge in [0.15, 0.2) is 11.3 Å². The van der Waals surface area contributed by atoms with E-state index in [2.05, 4.69) is 18.2 Å². The molecule has 0 amide bonds. The number of allylic oxidation sites excluding steroid dienone is 4. The Hall–Kier alpha value is -2.55. The van der Waals surface area contributed by atoms with Crippen LogP contribution in [0.5, 0.6) is 5.75 Å². The summed E-state index contributed by atoms with van der Waals surface area (Å²) in [5.41, 5.74) is 4.64. The molecular weight excluding hydrogens is 262 g/mol. The van der Waals surface area contributed by atoms with Crippen LogP contribution in [0.3, 0.4) is 0 Å². The lowest BCUT2D eigenvalue weighted by atomic mass is 10.0. The van der Waals surface area contributed by atoms with Crippen molar-refractivity contribution in [2.24, 2.45) is 0 Å². The molecule has 0 bridgehead atoms. The average Bonchev–Trinajstić information content (AvgIpc) is 2.93. The monoisotopic (exact) mass is 277 g/mol. The van der Waals surface area contributed by atoms with E-state index in [9.17, 15) is 0 Å². The molecule has 3 nitrogen and oxygen atoms in total. The van der Waals surface area contributed by atoms with Gasteiger partial charge in [-0.1, -0.05) is 30.4 Å². The summed E-state index contributed by atoms with van der Waals surface area (Å²) < 4.78 is 11.4. The van der Waals surface area contributed by atoms with Gasteiger partial charge in [-0.25, -0.2) is 4.98 Å². The maximum atomic E-state index is 5.90. The normalized spacial score (nSPS) is 14.6. The maximum absolute atomic E-state index is 5.90. The summed E-state index contributed by atoms with van der Waals surface area (Å²) in [6.45, 7) is 0. The fourth-order valence-corrected chi connectivity index (χ4v) is 2.78. The Kier molecular flexibility index (Phi) is 2.78. The first-order valence-electron chi connectivity index (χ1n) is 7.09. The quantitative estimate of drug-likeness (QED) is 0.679. The third-order valence-electron chi connectivity index (χ3n) is 3.86. The summed E-state index contributed by atoms with van der Waals surface area (Å²) in [7, 11) is 1.67. The summed E-state index contributed by atoms with van der Waals surface area (Å²) in [6.07, 6.45) is 8.45. The fourth-order valence-electron chi connectivity index (χ4n) is 2.78. The van der Waals surface area contributed by atoms with Crippen molar-refractivity contribution >= 4 is 27.6 Å². The van der Waals surface area contributed by atoms with E-state index in [-0.39, 0.29) is 0 Å². The van der Waals surface area contributed by atoms with E-state index in [4.69, 9.17) is 14.1 Å². The first kappa shape index (κ1) is 12.2. The Labute approximate surface area is 122 Å². The summed E-state index contributed by atoms with van der Waals surface area (Å²) >= 11 is 0. The molecule has 2 aromatic heterocycles. The van der Waals surface area contributed by atoms with E-state index in [1.165, 1.54) is 5.57 Å². The first-order valence-corrected chi connectivity index (χ1v) is 7.09. The number of para-hydroxylation sites is 1. The summed E-state index contributed by atoms with van der Waals surface area (Å²) in [5, 5.41) is 1.03. The van der Waals surface area contributed by atoms with Gasteiger partial charge in [-0.15, -0.1) is 0 Å². The smallest absolute Gasteiger partial charge is 0.195 e. The fraction of sp³-hybridized carbons (Fsp3) is 0.167. The molecule has 4 rings (SSSR count). The number of fused-ring (bicyclic) bond motifs is 3. The third kappa shape index (κ3) is 1.93. The molecule has 0 unspecified atom stereocenters. The lowest BCUT2D eigenvalue weighted by Gasteiger charge is -2.10. The van der Waals surface area contributed by atoms with Gasteiger partial charge in [0.05, 0.1) is 12.8 Å². The highest BCUT2D eigenvalue weighted by Gasteiger charge is 2.16. The molecule has 3 aromatic rings. The molecular formula is C18H15NO2. The van der Waals surface area contributed by atoms with Crippen molar-refractivity contribution in [1.82, 2.24) is 4.98 Å². The Morgan fingerprint density at radius 1 is 1.24 bits per heavy atom. The van der Waals surface area contributed by atoms with Crippen molar-refractivity contribution in [2.45, 2.75) is 12.8 Å². The zero-order valence-corrected chi connectivity index (χ0v) is 11.8. The minimum absolute atomic E-state index is 0.717. The van der Waals surface area contributed by atoms with Crippen LogP contribution in [-0.4, -0.2) is 12.1 Å². The van der Waals surface area contributed by atoms with E-state index in [0.717, 1.165) is 46.4 Å². The van der Waals surface area contributed by atoms with Crippen molar-refractivity contribution in [3.63, 3.8) is 0 Å². The van der Waals surface area contributed by atoms with Crippen LogP contribution >= 0.6 is 0 Å². The zero-order valence-electron chi connectivity index (χ0n) is 11.8. The SMILES string of the molecule is COc1cc(C2=CC=CCC2)nc2c1oc1ccccc12. The highest BCUT2D eigenvalue weighted by molar-refractivity contribution is 6.04. The molecule has 2 heterocycles. The molecule has 3 heteroatoms. The number of rotatable bonds is 2. The first-order chi connectivity index (χ1) is 10.4. The molecule has 0 aliphatic heterocycles. The maximum Gasteiger partial charge on any atom is 0.195 e. The Morgan fingerprint density at radius 2 is 2.14 bits per heavy atom. The molecule has 1 aliphatic carbocycles. The number of ether oxygens (including phenoxy) is 1. The highest BCUT2D eigenvalue weighted by atomic mass is 16.5. The van der Waals surface area contributed by atoms with Crippen LogP contribution in [0.25, 0.3) is 27.6 Å². The second-order valence-electron chi connectivity index (χ2n) is 5.14. The Bertz CT molecular complexity index is 887. The van der Waals surface area contributed by atoms with Crippen LogP contribution in [0, 0.1) is 0 Å². The van der Waals surface area contributed by atoms with Gasteiger partial charge in [-0.05, 0) is 30.5 Å². The number of aromatic nitrogens is 1. The van der Waals surface area contributed by atoms with Gasteiger partial charge in [0.1, 0.15) is 11.1 Å². The largest absolute Gasteiger partial charge is 0.493 e. The molecule has 1 aliphatic rings. The molecule has 0 fully saturated rings. The van der Waals surface area contributed by atoms with E-state index in [0.29, 0.717) is 0 Å². The van der Waals surface area contributed by atoms with Gasteiger partial charge in [-0.3, -0.25) is 0 Å². The molecule has 21 heavy (non-hydrogen) atoms. The molecule has 0 radical (unpaired) electrons. The van der Waals surface area contributed by atoms with Crippen LogP contribution in [0.1, 0.15) is 18.5 Å². The van der Waals surface area contributed by atoms with Crippen molar-refractivity contribution in [2.75, 3.05) is 7.11 Å². The molecule has 0 saturated carbocycles. The van der Waals surface area contributed by atoms with Gasteiger partial charge in [0.25, 0.3) is 0 Å². The van der Waals surface area contributed by atoms with Crippen LogP contribution in [0.4, 0.5) is 0 Å². The summed E-state index contributed by atoms with van der Waals surface area (Å²) in [6, 6.07) is 9.92. The molecule has 0 spiro atoms. The lowest BCUT2D eigenvalue weighted by molar-refractivity contribution is 0.411. The molecule has 0 N–H and O–H groups in total. The number of hydrogen-bond donors (Lipinski definition) is 0. The minimum atomic E-state index is 0.717. The Morgan fingerprint density at radius 3 is 2.95 bits per heavy atom. The van der Waals surface area contributed by atoms with E-state index in [1.54, 1.807) is 7.11 Å². The van der Waals surface area contributed by atoms with Crippen molar-refractivity contribution in [3.05, 3.63) is 54.3 Å². The van der Waals surface area contributed by atoms with Crippen LogP contribution < -0.4 is 4.74 Å². The van der Waals surface area contributed by atoms with Gasteiger partial charge < -0.3 is 9.15 Å². The second-order valence-corrected chi connectivity index (χ2v) is 5.14. The molecule has 0 atom stereocenters. The number of nitrogens with zero attached hydrogens (tertiary/aromatic N) is 1. The number of hydrogen-bond acceptors (Lipinski definition) is 3. The van der Waals surface area contributed by atoms with E-state index in [1.807, 2.05) is 30.3 Å². The van der Waals surface area contributed by atoms with Gasteiger partial charge in [0, 0.05) is 11.5 Å². The molecule has 104 valence electrons. The van der Waals surface area contributed by atoms with E-state index >= 15 is 0 Å². The summed E-state index contributed by atoms with van der Waals surface area (Å²) in [4.78, 5) is 4.82. The number of pyridine rings is 1.